The highest BCUT2D eigenvalue weighted by molar-refractivity contribution is 5.97. The molecule has 7 heteroatoms. The van der Waals surface area contributed by atoms with Crippen molar-refractivity contribution >= 4 is 5.97 Å². The van der Waals surface area contributed by atoms with Crippen molar-refractivity contribution in [1.29, 1.82) is 0 Å². The summed E-state index contributed by atoms with van der Waals surface area (Å²) in [7, 11) is 1.38. The maximum absolute atomic E-state index is 13.0. The van der Waals surface area contributed by atoms with Crippen LogP contribution in [0.4, 0.5) is 8.78 Å². The molecule has 1 unspecified atom stereocenters. The largest absolute Gasteiger partial charge is 0.494 e. The SMILES string of the molecule is COc1cnc(C(F)F)cc1-c1cc(C2CCO2)ccc1C(=O)O. The zero-order chi connectivity index (χ0) is 17.3. The van der Waals surface area contributed by atoms with Crippen LogP contribution in [0.25, 0.3) is 11.1 Å². The average Bonchev–Trinajstić information content (AvgIpc) is 2.52. The summed E-state index contributed by atoms with van der Waals surface area (Å²) in [6, 6.07) is 5.95. The number of hydrogen-bond acceptors (Lipinski definition) is 4. The van der Waals surface area contributed by atoms with Crippen molar-refractivity contribution in [1.82, 2.24) is 4.98 Å². The molecule has 1 aromatic heterocycles. The number of carboxylic acid groups (broad SMARTS) is 1. The van der Waals surface area contributed by atoms with E-state index in [1.54, 1.807) is 12.1 Å². The van der Waals surface area contributed by atoms with Crippen LogP contribution in [0.5, 0.6) is 5.75 Å². The lowest BCUT2D eigenvalue weighted by molar-refractivity contribution is -0.0527. The average molecular weight is 335 g/mol. The third kappa shape index (κ3) is 2.94. The Kier molecular flexibility index (Phi) is 4.44. The van der Waals surface area contributed by atoms with E-state index in [1.807, 2.05) is 0 Å². The first-order chi connectivity index (χ1) is 11.5. The van der Waals surface area contributed by atoms with Crippen molar-refractivity contribution in [2.24, 2.45) is 0 Å². The van der Waals surface area contributed by atoms with E-state index in [2.05, 4.69) is 4.98 Å². The fourth-order valence-electron chi connectivity index (χ4n) is 2.62. The number of halogens is 2. The summed E-state index contributed by atoms with van der Waals surface area (Å²) in [6.07, 6.45) is -0.855. The van der Waals surface area contributed by atoms with E-state index < -0.39 is 18.1 Å². The molecule has 1 N–H and O–H groups in total. The Balaban J connectivity index is 2.18. The Labute approximate surface area is 136 Å². The van der Waals surface area contributed by atoms with Gasteiger partial charge in [0.25, 0.3) is 6.43 Å². The second kappa shape index (κ2) is 6.52. The number of aromatic nitrogens is 1. The predicted molar refractivity (Wildman–Crippen MR) is 81.5 cm³/mol. The van der Waals surface area contributed by atoms with Gasteiger partial charge in [0.05, 0.1) is 31.6 Å². The molecule has 0 spiro atoms. The van der Waals surface area contributed by atoms with E-state index in [9.17, 15) is 18.7 Å². The molecule has 126 valence electrons. The highest BCUT2D eigenvalue weighted by Crippen LogP contribution is 2.38. The van der Waals surface area contributed by atoms with E-state index in [0.29, 0.717) is 12.2 Å². The fourth-order valence-corrected chi connectivity index (χ4v) is 2.62. The zero-order valence-electron chi connectivity index (χ0n) is 12.8. The summed E-state index contributed by atoms with van der Waals surface area (Å²) in [5, 5.41) is 9.43. The van der Waals surface area contributed by atoms with E-state index in [-0.39, 0.29) is 23.0 Å². The molecule has 0 aliphatic carbocycles. The number of methoxy groups -OCH3 is 1. The summed E-state index contributed by atoms with van der Waals surface area (Å²) in [4.78, 5) is 15.2. The molecule has 24 heavy (non-hydrogen) atoms. The van der Waals surface area contributed by atoms with Gasteiger partial charge in [-0.15, -0.1) is 0 Å². The molecule has 1 atom stereocenters. The monoisotopic (exact) mass is 335 g/mol. The predicted octanol–water partition coefficient (Wildman–Crippen LogP) is 3.85. The van der Waals surface area contributed by atoms with Gasteiger partial charge in [-0.2, -0.15) is 0 Å². The number of benzene rings is 1. The third-order valence-electron chi connectivity index (χ3n) is 3.97. The summed E-state index contributed by atoms with van der Waals surface area (Å²) in [6.45, 7) is 0.648. The van der Waals surface area contributed by atoms with Gasteiger partial charge in [0.2, 0.25) is 0 Å². The van der Waals surface area contributed by atoms with Crippen LogP contribution in [-0.2, 0) is 4.74 Å². The quantitative estimate of drug-likeness (QED) is 0.899. The number of alkyl halides is 2. The molecule has 0 amide bonds. The highest BCUT2D eigenvalue weighted by Gasteiger charge is 2.24. The Bertz CT molecular complexity index is 775. The zero-order valence-corrected chi connectivity index (χ0v) is 12.8. The van der Waals surface area contributed by atoms with E-state index in [4.69, 9.17) is 9.47 Å². The van der Waals surface area contributed by atoms with Crippen LogP contribution >= 0.6 is 0 Å². The van der Waals surface area contributed by atoms with Crippen molar-refractivity contribution in [2.45, 2.75) is 19.0 Å². The van der Waals surface area contributed by atoms with Gasteiger partial charge >= 0.3 is 5.97 Å². The van der Waals surface area contributed by atoms with E-state index in [0.717, 1.165) is 18.1 Å². The lowest BCUT2D eigenvalue weighted by Crippen LogP contribution is -2.18. The third-order valence-corrected chi connectivity index (χ3v) is 3.97. The van der Waals surface area contributed by atoms with Gasteiger partial charge in [-0.25, -0.2) is 13.6 Å². The minimum Gasteiger partial charge on any atom is -0.494 e. The smallest absolute Gasteiger partial charge is 0.336 e. The molecule has 0 bridgehead atoms. The maximum Gasteiger partial charge on any atom is 0.336 e. The van der Waals surface area contributed by atoms with Gasteiger partial charge < -0.3 is 14.6 Å². The first kappa shape index (κ1) is 16.3. The Morgan fingerprint density at radius 2 is 2.12 bits per heavy atom. The molecule has 1 aliphatic heterocycles. The van der Waals surface area contributed by atoms with Gasteiger partial charge in [-0.05, 0) is 23.8 Å². The summed E-state index contributed by atoms with van der Waals surface area (Å²) < 4.78 is 36.6. The molecule has 1 aromatic carbocycles. The number of pyridine rings is 1. The van der Waals surface area contributed by atoms with Crippen LogP contribution < -0.4 is 4.74 Å². The standard InChI is InChI=1S/C17H15F2NO4/c1-23-15-8-20-13(16(18)19)7-12(15)11-6-9(14-4-5-24-14)2-3-10(11)17(21)22/h2-3,6-8,14,16H,4-5H2,1H3,(H,21,22). The van der Waals surface area contributed by atoms with Gasteiger partial charge in [-0.1, -0.05) is 6.07 Å². The molecular weight excluding hydrogens is 320 g/mol. The van der Waals surface area contributed by atoms with Crippen LogP contribution in [0.2, 0.25) is 0 Å². The van der Waals surface area contributed by atoms with Gasteiger partial charge in [0, 0.05) is 17.5 Å². The van der Waals surface area contributed by atoms with Crippen molar-refractivity contribution in [3.8, 4) is 16.9 Å². The lowest BCUT2D eigenvalue weighted by atomic mass is 9.93. The molecule has 1 aliphatic rings. The van der Waals surface area contributed by atoms with Crippen LogP contribution in [0.3, 0.4) is 0 Å². The maximum atomic E-state index is 13.0. The number of hydrogen-bond donors (Lipinski definition) is 1. The number of ether oxygens (including phenoxy) is 2. The van der Waals surface area contributed by atoms with Gasteiger partial charge in [0.15, 0.2) is 0 Å². The molecule has 1 saturated heterocycles. The summed E-state index contributed by atoms with van der Waals surface area (Å²) in [5.41, 5.74) is 0.937. The first-order valence-corrected chi connectivity index (χ1v) is 7.32. The van der Waals surface area contributed by atoms with Crippen molar-refractivity contribution in [3.63, 3.8) is 0 Å². The Morgan fingerprint density at radius 3 is 2.67 bits per heavy atom. The number of rotatable bonds is 5. The number of carbonyl (C=O) groups is 1. The topological polar surface area (TPSA) is 68.7 Å². The Morgan fingerprint density at radius 1 is 1.38 bits per heavy atom. The number of carboxylic acids is 1. The van der Waals surface area contributed by atoms with Gasteiger partial charge in [0.1, 0.15) is 11.4 Å². The van der Waals surface area contributed by atoms with Crippen LogP contribution in [0, 0.1) is 0 Å². The lowest BCUT2D eigenvalue weighted by Gasteiger charge is -2.27. The fraction of sp³-hybridized carbons (Fsp3) is 0.294. The van der Waals surface area contributed by atoms with Crippen molar-refractivity contribution in [3.05, 3.63) is 47.3 Å². The minimum atomic E-state index is -2.76. The Hall–Kier alpha value is -2.54. The normalized spacial score (nSPS) is 16.8. The number of nitrogens with zero attached hydrogens (tertiary/aromatic N) is 1. The van der Waals surface area contributed by atoms with E-state index >= 15 is 0 Å². The first-order valence-electron chi connectivity index (χ1n) is 7.32. The van der Waals surface area contributed by atoms with E-state index in [1.165, 1.54) is 19.4 Å². The van der Waals surface area contributed by atoms with Crippen LogP contribution in [-0.4, -0.2) is 29.8 Å². The van der Waals surface area contributed by atoms with Crippen LogP contribution in [0.15, 0.2) is 30.5 Å². The molecule has 0 saturated carbocycles. The molecule has 3 rings (SSSR count). The molecule has 1 fully saturated rings. The van der Waals surface area contributed by atoms with Gasteiger partial charge in [-0.3, -0.25) is 4.98 Å². The molecule has 0 radical (unpaired) electrons. The van der Waals surface area contributed by atoms with Crippen molar-refractivity contribution in [2.75, 3.05) is 13.7 Å². The molecule has 5 nitrogen and oxygen atoms in total. The minimum absolute atomic E-state index is 0.00258. The number of aromatic carboxylic acids is 1. The molecule has 2 aromatic rings. The summed E-state index contributed by atoms with van der Waals surface area (Å²) in [5.74, 6) is -0.919. The summed E-state index contributed by atoms with van der Waals surface area (Å²) >= 11 is 0. The van der Waals surface area contributed by atoms with Crippen molar-refractivity contribution < 1.29 is 28.2 Å². The second-order valence-electron chi connectivity index (χ2n) is 5.37. The second-order valence-corrected chi connectivity index (χ2v) is 5.37. The highest BCUT2D eigenvalue weighted by atomic mass is 19.3. The van der Waals surface area contributed by atoms with Crippen LogP contribution in [0.1, 0.15) is 40.6 Å². The molecule has 2 heterocycles. The molecular formula is C17H15F2NO4.